The summed E-state index contributed by atoms with van der Waals surface area (Å²) < 4.78 is 5.09. The summed E-state index contributed by atoms with van der Waals surface area (Å²) in [6, 6.07) is 9.71. The number of carbonyl (C=O) groups is 2. The summed E-state index contributed by atoms with van der Waals surface area (Å²) in [5, 5.41) is 0. The van der Waals surface area contributed by atoms with Crippen LogP contribution in [0.1, 0.15) is 26.3 Å². The maximum Gasteiger partial charge on any atom is 0.416 e. The van der Waals surface area contributed by atoms with E-state index in [9.17, 15) is 9.59 Å². The lowest BCUT2D eigenvalue weighted by molar-refractivity contribution is -0.126. The van der Waals surface area contributed by atoms with E-state index in [1.807, 2.05) is 30.3 Å². The van der Waals surface area contributed by atoms with Crippen molar-refractivity contribution in [2.24, 2.45) is 5.41 Å². The lowest BCUT2D eigenvalue weighted by Gasteiger charge is -2.21. The van der Waals surface area contributed by atoms with Gasteiger partial charge in [-0.2, -0.15) is 0 Å². The Labute approximate surface area is 134 Å². The molecule has 0 saturated carbocycles. The zero-order chi connectivity index (χ0) is 16.2. The minimum atomic E-state index is -0.494. The normalized spacial score (nSPS) is 19.0. The van der Waals surface area contributed by atoms with Gasteiger partial charge in [0, 0.05) is 6.16 Å². The van der Waals surface area contributed by atoms with Crippen LogP contribution < -0.4 is 0 Å². The van der Waals surface area contributed by atoms with E-state index < -0.39 is 6.09 Å². The van der Waals surface area contributed by atoms with Crippen molar-refractivity contribution in [3.05, 3.63) is 35.9 Å². The Balaban J connectivity index is 1.94. The average Bonchev–Trinajstić information content (AvgIpc) is 2.79. The highest BCUT2D eigenvalue weighted by atomic mass is 31.1. The third kappa shape index (κ3) is 4.81. The highest BCUT2D eigenvalue weighted by Crippen LogP contribution is 2.26. The standard InChI is InChI=1S/C17H24NO3P/c1-17(2,3)12-22-11-15(19)18-14(10-21-16(18)20)9-13-7-5-4-6-8-13/h4-8,14,22H,9-12H2,1-3H3/t14-/m0/s1. The molecule has 1 aliphatic heterocycles. The van der Waals surface area contributed by atoms with Gasteiger partial charge in [0.2, 0.25) is 5.91 Å². The molecule has 1 aromatic rings. The number of rotatable bonds is 5. The lowest BCUT2D eigenvalue weighted by atomic mass is 10.0. The molecule has 2 rings (SSSR count). The molecule has 22 heavy (non-hydrogen) atoms. The largest absolute Gasteiger partial charge is 0.447 e. The van der Waals surface area contributed by atoms with Crippen LogP contribution in [0.4, 0.5) is 4.79 Å². The van der Waals surface area contributed by atoms with Gasteiger partial charge in [-0.05, 0) is 23.6 Å². The third-order valence-corrected chi connectivity index (χ3v) is 5.34. The second kappa shape index (κ2) is 7.23. The zero-order valence-corrected chi connectivity index (χ0v) is 14.5. The van der Waals surface area contributed by atoms with Gasteiger partial charge in [-0.3, -0.25) is 4.79 Å². The first-order valence-electron chi connectivity index (χ1n) is 7.60. The maximum absolute atomic E-state index is 12.4. The molecule has 1 fully saturated rings. The molecule has 1 heterocycles. The van der Waals surface area contributed by atoms with E-state index >= 15 is 0 Å². The van der Waals surface area contributed by atoms with Gasteiger partial charge in [0.05, 0.1) is 6.04 Å². The van der Waals surface area contributed by atoms with Crippen LogP contribution in [0, 0.1) is 5.41 Å². The van der Waals surface area contributed by atoms with Gasteiger partial charge in [-0.25, -0.2) is 9.69 Å². The molecule has 0 radical (unpaired) electrons. The second-order valence-electron chi connectivity index (χ2n) is 6.85. The third-order valence-electron chi connectivity index (χ3n) is 3.48. The molecule has 0 spiro atoms. The minimum Gasteiger partial charge on any atom is -0.447 e. The SMILES string of the molecule is CC(C)(C)CPCC(=O)N1C(=O)OC[C@@H]1Cc1ccccc1. The smallest absolute Gasteiger partial charge is 0.416 e. The van der Waals surface area contributed by atoms with E-state index in [-0.39, 0.29) is 17.4 Å². The summed E-state index contributed by atoms with van der Waals surface area (Å²) in [6.45, 7) is 6.77. The molecular weight excluding hydrogens is 297 g/mol. The molecule has 1 unspecified atom stereocenters. The molecule has 1 aliphatic rings. The lowest BCUT2D eigenvalue weighted by Crippen LogP contribution is -2.41. The molecular formula is C17H24NO3P. The van der Waals surface area contributed by atoms with Crippen LogP contribution in [0.5, 0.6) is 0 Å². The van der Waals surface area contributed by atoms with Gasteiger partial charge >= 0.3 is 6.09 Å². The molecule has 5 heteroatoms. The van der Waals surface area contributed by atoms with Crippen molar-refractivity contribution in [1.82, 2.24) is 4.90 Å². The topological polar surface area (TPSA) is 46.6 Å². The highest BCUT2D eigenvalue weighted by Gasteiger charge is 2.37. The second-order valence-corrected chi connectivity index (χ2v) is 8.06. The summed E-state index contributed by atoms with van der Waals surface area (Å²) >= 11 is 0. The number of carbonyl (C=O) groups excluding carboxylic acids is 2. The first-order valence-corrected chi connectivity index (χ1v) is 9.02. The number of hydrogen-bond donors (Lipinski definition) is 0. The van der Waals surface area contributed by atoms with Crippen molar-refractivity contribution in [3.8, 4) is 0 Å². The van der Waals surface area contributed by atoms with Gasteiger partial charge in [0.15, 0.2) is 0 Å². The van der Waals surface area contributed by atoms with Crippen LogP contribution >= 0.6 is 8.58 Å². The van der Waals surface area contributed by atoms with E-state index in [1.54, 1.807) is 0 Å². The minimum absolute atomic E-state index is 0.106. The molecule has 1 saturated heterocycles. The summed E-state index contributed by atoms with van der Waals surface area (Å²) in [7, 11) is 0.539. The predicted molar refractivity (Wildman–Crippen MR) is 89.6 cm³/mol. The maximum atomic E-state index is 12.4. The van der Waals surface area contributed by atoms with Crippen molar-refractivity contribution < 1.29 is 14.3 Å². The molecule has 2 atom stereocenters. The van der Waals surface area contributed by atoms with Crippen LogP contribution in [-0.2, 0) is 16.0 Å². The van der Waals surface area contributed by atoms with Crippen molar-refractivity contribution in [1.29, 1.82) is 0 Å². The number of ether oxygens (including phenoxy) is 1. The monoisotopic (exact) mass is 321 g/mol. The molecule has 0 bridgehead atoms. The fraction of sp³-hybridized carbons (Fsp3) is 0.529. The van der Waals surface area contributed by atoms with Crippen LogP contribution in [0.15, 0.2) is 30.3 Å². The Morgan fingerprint density at radius 2 is 2.00 bits per heavy atom. The van der Waals surface area contributed by atoms with Gasteiger partial charge in [0.25, 0.3) is 0 Å². The number of amides is 2. The summed E-state index contributed by atoms with van der Waals surface area (Å²) in [5.74, 6) is -0.106. The predicted octanol–water partition coefficient (Wildman–Crippen LogP) is 3.30. The molecule has 0 N–H and O–H groups in total. The molecule has 4 nitrogen and oxygen atoms in total. The number of cyclic esters (lactones) is 1. The van der Waals surface area contributed by atoms with Gasteiger partial charge in [-0.1, -0.05) is 51.1 Å². The van der Waals surface area contributed by atoms with Crippen LogP contribution in [-0.4, -0.2) is 41.9 Å². The number of nitrogens with zero attached hydrogens (tertiary/aromatic N) is 1. The first-order chi connectivity index (χ1) is 10.4. The molecule has 0 aliphatic carbocycles. The van der Waals surface area contributed by atoms with Crippen LogP contribution in [0.3, 0.4) is 0 Å². The Kier molecular flexibility index (Phi) is 5.57. The van der Waals surface area contributed by atoms with Crippen molar-refractivity contribution in [2.75, 3.05) is 18.9 Å². The fourth-order valence-electron chi connectivity index (χ4n) is 2.43. The summed E-state index contributed by atoms with van der Waals surface area (Å²) in [6.07, 6.45) is 1.58. The van der Waals surface area contributed by atoms with E-state index in [2.05, 4.69) is 20.8 Å². The Hall–Kier alpha value is -1.41. The number of hydrogen-bond acceptors (Lipinski definition) is 3. The summed E-state index contributed by atoms with van der Waals surface area (Å²) in [4.78, 5) is 25.6. The summed E-state index contributed by atoms with van der Waals surface area (Å²) in [5.41, 5.74) is 1.33. The van der Waals surface area contributed by atoms with E-state index in [0.717, 1.165) is 11.7 Å². The Morgan fingerprint density at radius 1 is 1.32 bits per heavy atom. The zero-order valence-electron chi connectivity index (χ0n) is 13.5. The Morgan fingerprint density at radius 3 is 2.64 bits per heavy atom. The first kappa shape index (κ1) is 17.0. The quantitative estimate of drug-likeness (QED) is 0.782. The van der Waals surface area contributed by atoms with E-state index in [1.165, 1.54) is 4.90 Å². The van der Waals surface area contributed by atoms with Crippen molar-refractivity contribution >= 4 is 20.6 Å². The molecule has 0 aromatic heterocycles. The Bertz CT molecular complexity index is 524. The van der Waals surface area contributed by atoms with Gasteiger partial charge in [0.1, 0.15) is 6.61 Å². The number of imide groups is 1. The number of benzene rings is 1. The molecule has 120 valence electrons. The van der Waals surface area contributed by atoms with E-state index in [4.69, 9.17) is 4.74 Å². The molecule has 2 amide bonds. The van der Waals surface area contributed by atoms with E-state index in [0.29, 0.717) is 27.8 Å². The fourth-order valence-corrected chi connectivity index (χ4v) is 3.69. The van der Waals surface area contributed by atoms with Crippen LogP contribution in [0.2, 0.25) is 0 Å². The average molecular weight is 321 g/mol. The van der Waals surface area contributed by atoms with Crippen LogP contribution in [0.25, 0.3) is 0 Å². The van der Waals surface area contributed by atoms with Crippen molar-refractivity contribution in [3.63, 3.8) is 0 Å². The van der Waals surface area contributed by atoms with Crippen molar-refractivity contribution in [2.45, 2.75) is 33.2 Å². The highest BCUT2D eigenvalue weighted by molar-refractivity contribution is 7.39. The van der Waals surface area contributed by atoms with Gasteiger partial charge < -0.3 is 4.74 Å². The van der Waals surface area contributed by atoms with Gasteiger partial charge in [-0.15, -0.1) is 8.58 Å². The molecule has 1 aromatic carbocycles.